The topological polar surface area (TPSA) is 79.5 Å². The average molecular weight is 265 g/mol. The maximum absolute atomic E-state index is 11.4. The Bertz CT molecular complexity index is 427. The fraction of sp³-hybridized carbons (Fsp3) is 0.385. The lowest BCUT2D eigenvalue weighted by Gasteiger charge is -2.19. The van der Waals surface area contributed by atoms with E-state index in [0.29, 0.717) is 6.54 Å². The summed E-state index contributed by atoms with van der Waals surface area (Å²) in [6.45, 7) is 5.59. The lowest BCUT2D eigenvalue weighted by Crippen LogP contribution is -2.48. The van der Waals surface area contributed by atoms with Gasteiger partial charge in [-0.1, -0.05) is 30.3 Å². The first kappa shape index (κ1) is 14.8. The molecule has 3 amide bonds. The molecule has 0 atom stereocenters. The zero-order valence-corrected chi connectivity index (χ0v) is 11.3. The molecule has 1 aromatic rings. The molecule has 0 saturated carbocycles. The highest BCUT2D eigenvalue weighted by molar-refractivity contribution is 5.77. The third-order valence-corrected chi connectivity index (χ3v) is 1.97. The van der Waals surface area contributed by atoms with Gasteiger partial charge >= 0.3 is 12.1 Å². The first-order valence-corrected chi connectivity index (χ1v) is 5.93. The van der Waals surface area contributed by atoms with Crippen LogP contribution in [0.15, 0.2) is 30.3 Å². The van der Waals surface area contributed by atoms with Crippen LogP contribution in [0.1, 0.15) is 26.3 Å². The summed E-state index contributed by atoms with van der Waals surface area (Å²) in [7, 11) is 0. The summed E-state index contributed by atoms with van der Waals surface area (Å²) in [5.74, 6) is 0. The van der Waals surface area contributed by atoms with E-state index in [2.05, 4.69) is 16.2 Å². The molecular formula is C13H19N3O3. The van der Waals surface area contributed by atoms with Crippen molar-refractivity contribution in [2.24, 2.45) is 0 Å². The van der Waals surface area contributed by atoms with E-state index in [1.807, 2.05) is 30.3 Å². The molecule has 0 spiro atoms. The Labute approximate surface area is 112 Å². The molecule has 0 fully saturated rings. The summed E-state index contributed by atoms with van der Waals surface area (Å²) in [6, 6.07) is 8.94. The van der Waals surface area contributed by atoms with Crippen LogP contribution in [0.2, 0.25) is 0 Å². The minimum atomic E-state index is -0.706. The Kier molecular flexibility index (Phi) is 5.17. The van der Waals surface area contributed by atoms with Crippen molar-refractivity contribution in [2.75, 3.05) is 0 Å². The summed E-state index contributed by atoms with van der Waals surface area (Å²) < 4.78 is 4.96. The van der Waals surface area contributed by atoms with Crippen molar-refractivity contribution in [3.63, 3.8) is 0 Å². The molecule has 19 heavy (non-hydrogen) atoms. The molecule has 0 unspecified atom stereocenters. The van der Waals surface area contributed by atoms with Crippen LogP contribution >= 0.6 is 0 Å². The van der Waals surface area contributed by atoms with E-state index in [1.54, 1.807) is 20.8 Å². The number of carbonyl (C=O) groups is 2. The van der Waals surface area contributed by atoms with Crippen molar-refractivity contribution in [1.82, 2.24) is 16.2 Å². The number of nitrogens with one attached hydrogen (secondary N) is 3. The molecule has 1 rings (SSSR count). The summed E-state index contributed by atoms with van der Waals surface area (Å²) in [4.78, 5) is 22.7. The van der Waals surface area contributed by atoms with Gasteiger partial charge < -0.3 is 10.1 Å². The fourth-order valence-electron chi connectivity index (χ4n) is 1.23. The van der Waals surface area contributed by atoms with Gasteiger partial charge in [0.2, 0.25) is 0 Å². The molecule has 0 radical (unpaired) electrons. The minimum Gasteiger partial charge on any atom is -0.443 e. The number of benzene rings is 1. The third-order valence-electron chi connectivity index (χ3n) is 1.97. The molecule has 1 aromatic carbocycles. The molecule has 3 N–H and O–H groups in total. The van der Waals surface area contributed by atoms with E-state index in [0.717, 1.165) is 5.56 Å². The number of hydrazine groups is 1. The van der Waals surface area contributed by atoms with E-state index < -0.39 is 17.7 Å². The van der Waals surface area contributed by atoms with Gasteiger partial charge in [-0.3, -0.25) is 0 Å². The molecule has 6 heteroatoms. The van der Waals surface area contributed by atoms with Crippen LogP contribution < -0.4 is 16.2 Å². The largest absolute Gasteiger partial charge is 0.443 e. The normalized spacial score (nSPS) is 10.5. The standard InChI is InChI=1S/C13H19N3O3/c1-13(2,3)19-12(18)16-15-11(17)14-9-10-7-5-4-6-8-10/h4-8H,9H2,1-3H3,(H,16,18)(H2,14,15,17). The Morgan fingerprint density at radius 3 is 2.32 bits per heavy atom. The van der Waals surface area contributed by atoms with E-state index in [-0.39, 0.29) is 0 Å². The molecule has 104 valence electrons. The predicted octanol–water partition coefficient (Wildman–Crippen LogP) is 1.93. The quantitative estimate of drug-likeness (QED) is 0.715. The molecule has 0 aliphatic heterocycles. The van der Waals surface area contributed by atoms with Crippen LogP contribution in [0.3, 0.4) is 0 Å². The highest BCUT2D eigenvalue weighted by Crippen LogP contribution is 2.05. The van der Waals surface area contributed by atoms with Crippen molar-refractivity contribution in [1.29, 1.82) is 0 Å². The molecule has 6 nitrogen and oxygen atoms in total. The molecule has 0 heterocycles. The van der Waals surface area contributed by atoms with Crippen LogP contribution in [0, 0.1) is 0 Å². The van der Waals surface area contributed by atoms with Crippen LogP contribution in [0.4, 0.5) is 9.59 Å². The third kappa shape index (κ3) is 6.92. The maximum atomic E-state index is 11.4. The number of hydrogen-bond donors (Lipinski definition) is 3. The number of ether oxygens (including phenoxy) is 1. The van der Waals surface area contributed by atoms with Gasteiger partial charge in [0.25, 0.3) is 0 Å². The Hall–Kier alpha value is -2.24. The highest BCUT2D eigenvalue weighted by atomic mass is 16.6. The van der Waals surface area contributed by atoms with Gasteiger partial charge in [0.1, 0.15) is 5.60 Å². The molecular weight excluding hydrogens is 246 g/mol. The predicted molar refractivity (Wildman–Crippen MR) is 71.2 cm³/mol. The number of rotatable bonds is 2. The van der Waals surface area contributed by atoms with E-state index in [4.69, 9.17) is 4.74 Å². The Balaban J connectivity index is 2.23. The highest BCUT2D eigenvalue weighted by Gasteiger charge is 2.16. The van der Waals surface area contributed by atoms with E-state index in [9.17, 15) is 9.59 Å². The van der Waals surface area contributed by atoms with Crippen molar-refractivity contribution in [3.8, 4) is 0 Å². The molecule has 0 aliphatic carbocycles. The van der Waals surface area contributed by atoms with Gasteiger partial charge in [0.15, 0.2) is 0 Å². The second-order valence-electron chi connectivity index (χ2n) is 4.92. The number of amides is 3. The van der Waals surface area contributed by atoms with Gasteiger partial charge in [-0.05, 0) is 26.3 Å². The SMILES string of the molecule is CC(C)(C)OC(=O)NNC(=O)NCc1ccccc1. The average Bonchev–Trinajstić information content (AvgIpc) is 2.33. The van der Waals surface area contributed by atoms with Crippen LogP contribution in [-0.4, -0.2) is 17.7 Å². The monoisotopic (exact) mass is 265 g/mol. The molecule has 0 bridgehead atoms. The summed E-state index contributed by atoms with van der Waals surface area (Å²) in [6.07, 6.45) is -0.706. The zero-order valence-electron chi connectivity index (χ0n) is 11.3. The Morgan fingerprint density at radius 2 is 1.74 bits per heavy atom. The van der Waals surface area contributed by atoms with Crippen molar-refractivity contribution in [2.45, 2.75) is 32.9 Å². The smallest absolute Gasteiger partial charge is 0.426 e. The molecule has 0 saturated heterocycles. The summed E-state index contributed by atoms with van der Waals surface area (Å²) >= 11 is 0. The Morgan fingerprint density at radius 1 is 1.11 bits per heavy atom. The first-order valence-electron chi connectivity index (χ1n) is 5.93. The second kappa shape index (κ2) is 6.63. The first-order chi connectivity index (χ1) is 8.87. The van der Waals surface area contributed by atoms with Gasteiger partial charge in [-0.15, -0.1) is 0 Å². The van der Waals surface area contributed by atoms with Gasteiger partial charge in [0.05, 0.1) is 0 Å². The van der Waals surface area contributed by atoms with Crippen LogP contribution in [0.25, 0.3) is 0 Å². The van der Waals surface area contributed by atoms with E-state index in [1.165, 1.54) is 0 Å². The van der Waals surface area contributed by atoms with Crippen LogP contribution in [-0.2, 0) is 11.3 Å². The fourth-order valence-corrected chi connectivity index (χ4v) is 1.23. The van der Waals surface area contributed by atoms with Crippen LogP contribution in [0.5, 0.6) is 0 Å². The lowest BCUT2D eigenvalue weighted by molar-refractivity contribution is 0.0505. The molecule has 0 aliphatic rings. The minimum absolute atomic E-state index is 0.378. The number of urea groups is 1. The zero-order chi connectivity index (χ0) is 14.3. The molecule has 0 aromatic heterocycles. The number of hydrogen-bond acceptors (Lipinski definition) is 3. The summed E-state index contributed by atoms with van der Waals surface area (Å²) in [5.41, 5.74) is 4.72. The van der Waals surface area contributed by atoms with Gasteiger partial charge in [-0.2, -0.15) is 0 Å². The maximum Gasteiger partial charge on any atom is 0.426 e. The second-order valence-corrected chi connectivity index (χ2v) is 4.92. The van der Waals surface area contributed by atoms with E-state index >= 15 is 0 Å². The lowest BCUT2D eigenvalue weighted by atomic mass is 10.2. The van der Waals surface area contributed by atoms with Gasteiger partial charge in [0, 0.05) is 6.54 Å². The van der Waals surface area contributed by atoms with Crippen molar-refractivity contribution < 1.29 is 14.3 Å². The van der Waals surface area contributed by atoms with Crippen molar-refractivity contribution >= 4 is 12.1 Å². The van der Waals surface area contributed by atoms with Gasteiger partial charge in [-0.25, -0.2) is 20.4 Å². The summed E-state index contributed by atoms with van der Waals surface area (Å²) in [5, 5.41) is 2.60. The van der Waals surface area contributed by atoms with Crippen molar-refractivity contribution in [3.05, 3.63) is 35.9 Å². The number of carbonyl (C=O) groups excluding carboxylic acids is 2.